The van der Waals surface area contributed by atoms with Crippen LogP contribution >= 0.6 is 12.2 Å². The Labute approximate surface area is 150 Å². The molecule has 0 bridgehead atoms. The molecule has 6 nitrogen and oxygen atoms in total. The molecule has 0 aromatic heterocycles. The minimum absolute atomic E-state index is 0.0437. The number of benzene rings is 2. The van der Waals surface area contributed by atoms with Crippen LogP contribution in [-0.2, 0) is 4.79 Å². The largest absolute Gasteiger partial charge is 0.504 e. The van der Waals surface area contributed by atoms with Gasteiger partial charge in [-0.15, -0.1) is 0 Å². The number of phenols is 1. The molecule has 0 radical (unpaired) electrons. The Kier molecular flexibility index (Phi) is 4.58. The van der Waals surface area contributed by atoms with E-state index in [1.165, 1.54) is 18.1 Å². The molecule has 0 unspecified atom stereocenters. The van der Waals surface area contributed by atoms with E-state index < -0.39 is 0 Å². The van der Waals surface area contributed by atoms with Gasteiger partial charge in [0.2, 0.25) is 0 Å². The van der Waals surface area contributed by atoms with Gasteiger partial charge in [0.1, 0.15) is 11.4 Å². The summed E-state index contributed by atoms with van der Waals surface area (Å²) in [7, 11) is 3.02. The van der Waals surface area contributed by atoms with Gasteiger partial charge in [0, 0.05) is 11.6 Å². The number of nitrogens with zero attached hydrogens (tertiary/aromatic N) is 1. The van der Waals surface area contributed by atoms with Gasteiger partial charge >= 0.3 is 0 Å². The molecule has 7 heteroatoms. The standard InChI is InChI=1S/C18H16N2O4S/c1-23-13-7-4-6-12(10-13)20-17(22)14(19-18(20)25)9-11-5-3-8-15(24-2)16(11)21/h3-10,21H,1-2H3,(H,19,25)/b14-9-. The van der Waals surface area contributed by atoms with Crippen molar-refractivity contribution >= 4 is 35.0 Å². The Morgan fingerprint density at radius 3 is 2.64 bits per heavy atom. The van der Waals surface area contributed by atoms with Crippen LogP contribution in [0.5, 0.6) is 17.2 Å². The smallest absolute Gasteiger partial charge is 0.281 e. The van der Waals surface area contributed by atoms with E-state index in [2.05, 4.69) is 5.32 Å². The lowest BCUT2D eigenvalue weighted by Gasteiger charge is -2.14. The molecule has 3 rings (SSSR count). The summed E-state index contributed by atoms with van der Waals surface area (Å²) in [6.45, 7) is 0. The number of phenolic OH excluding ortho intramolecular Hbond substituents is 1. The van der Waals surface area contributed by atoms with Gasteiger partial charge in [0.15, 0.2) is 16.6 Å². The molecule has 128 valence electrons. The highest BCUT2D eigenvalue weighted by molar-refractivity contribution is 7.80. The number of amides is 1. The number of nitrogens with one attached hydrogen (secondary N) is 1. The second-order valence-corrected chi connectivity index (χ2v) is 5.62. The van der Waals surface area contributed by atoms with Gasteiger partial charge in [-0.05, 0) is 36.5 Å². The van der Waals surface area contributed by atoms with E-state index in [1.54, 1.807) is 49.6 Å². The van der Waals surface area contributed by atoms with Crippen LogP contribution in [0.25, 0.3) is 6.08 Å². The van der Waals surface area contributed by atoms with E-state index in [-0.39, 0.29) is 22.5 Å². The predicted octanol–water partition coefficient (Wildman–Crippen LogP) is 2.67. The molecule has 0 aliphatic carbocycles. The summed E-state index contributed by atoms with van der Waals surface area (Å²) in [6.07, 6.45) is 1.53. The van der Waals surface area contributed by atoms with E-state index in [4.69, 9.17) is 21.7 Å². The quantitative estimate of drug-likeness (QED) is 0.648. The first-order valence-electron chi connectivity index (χ1n) is 7.42. The molecule has 0 spiro atoms. The lowest BCUT2D eigenvalue weighted by Crippen LogP contribution is -2.30. The summed E-state index contributed by atoms with van der Waals surface area (Å²) >= 11 is 5.28. The van der Waals surface area contributed by atoms with Crippen LogP contribution in [-0.4, -0.2) is 30.3 Å². The lowest BCUT2D eigenvalue weighted by molar-refractivity contribution is -0.113. The average Bonchev–Trinajstić information content (AvgIpc) is 2.90. The number of anilines is 1. The minimum Gasteiger partial charge on any atom is -0.504 e. The number of hydrogen-bond acceptors (Lipinski definition) is 5. The normalized spacial score (nSPS) is 15.4. The molecule has 1 heterocycles. The molecule has 2 aromatic carbocycles. The third kappa shape index (κ3) is 3.14. The maximum absolute atomic E-state index is 12.7. The van der Waals surface area contributed by atoms with Crippen LogP contribution < -0.4 is 19.7 Å². The number of thiocarbonyl (C=S) groups is 1. The molecule has 25 heavy (non-hydrogen) atoms. The average molecular weight is 356 g/mol. The minimum atomic E-state index is -0.319. The number of methoxy groups -OCH3 is 2. The summed E-state index contributed by atoms with van der Waals surface area (Å²) in [5.74, 6) is 0.585. The summed E-state index contributed by atoms with van der Waals surface area (Å²) in [6, 6.07) is 12.1. The zero-order valence-corrected chi connectivity index (χ0v) is 14.5. The Morgan fingerprint density at radius 1 is 1.16 bits per heavy atom. The fourth-order valence-electron chi connectivity index (χ4n) is 2.50. The molecular formula is C18H16N2O4S. The number of aromatic hydroxyl groups is 1. The molecular weight excluding hydrogens is 340 g/mol. The number of hydrogen-bond donors (Lipinski definition) is 2. The van der Waals surface area contributed by atoms with Crippen molar-refractivity contribution < 1.29 is 19.4 Å². The fourth-order valence-corrected chi connectivity index (χ4v) is 2.79. The topological polar surface area (TPSA) is 71.0 Å². The van der Waals surface area contributed by atoms with Crippen molar-refractivity contribution in [2.45, 2.75) is 0 Å². The Balaban J connectivity index is 1.96. The van der Waals surface area contributed by atoms with Crippen molar-refractivity contribution in [3.63, 3.8) is 0 Å². The van der Waals surface area contributed by atoms with Crippen molar-refractivity contribution in [2.24, 2.45) is 0 Å². The lowest BCUT2D eigenvalue weighted by atomic mass is 10.1. The zero-order valence-electron chi connectivity index (χ0n) is 13.6. The van der Waals surface area contributed by atoms with E-state index in [9.17, 15) is 9.90 Å². The second-order valence-electron chi connectivity index (χ2n) is 5.23. The number of carbonyl (C=O) groups is 1. The van der Waals surface area contributed by atoms with Crippen molar-refractivity contribution in [2.75, 3.05) is 19.1 Å². The van der Waals surface area contributed by atoms with E-state index in [0.717, 1.165) is 0 Å². The molecule has 1 aliphatic rings. The molecule has 0 saturated carbocycles. The van der Waals surface area contributed by atoms with Gasteiger partial charge in [0.25, 0.3) is 5.91 Å². The van der Waals surface area contributed by atoms with Crippen molar-refractivity contribution in [1.82, 2.24) is 5.32 Å². The summed E-state index contributed by atoms with van der Waals surface area (Å²) in [4.78, 5) is 14.1. The van der Waals surface area contributed by atoms with Crippen molar-refractivity contribution in [1.29, 1.82) is 0 Å². The van der Waals surface area contributed by atoms with Gasteiger partial charge in [0.05, 0.1) is 19.9 Å². The Morgan fingerprint density at radius 2 is 1.92 bits per heavy atom. The number of rotatable bonds is 4. The van der Waals surface area contributed by atoms with Crippen LogP contribution in [0.1, 0.15) is 5.56 Å². The SMILES string of the molecule is COc1cccc(N2C(=O)/C(=C/c3cccc(OC)c3O)NC2=S)c1. The Hall–Kier alpha value is -3.06. The van der Waals surface area contributed by atoms with Crippen molar-refractivity contribution in [3.05, 3.63) is 53.7 Å². The van der Waals surface area contributed by atoms with Gasteiger partial charge in [-0.2, -0.15) is 0 Å². The van der Waals surface area contributed by atoms with Crippen LogP contribution in [0.2, 0.25) is 0 Å². The Bertz CT molecular complexity index is 879. The van der Waals surface area contributed by atoms with Crippen molar-refractivity contribution in [3.8, 4) is 17.2 Å². The third-order valence-corrected chi connectivity index (χ3v) is 4.02. The second kappa shape index (κ2) is 6.82. The molecule has 2 N–H and O–H groups in total. The maximum Gasteiger partial charge on any atom is 0.281 e. The van der Waals surface area contributed by atoms with Gasteiger partial charge in [-0.25, -0.2) is 0 Å². The van der Waals surface area contributed by atoms with Gasteiger partial charge < -0.3 is 19.9 Å². The predicted molar refractivity (Wildman–Crippen MR) is 98.8 cm³/mol. The van der Waals surface area contributed by atoms with Crippen LogP contribution in [0.3, 0.4) is 0 Å². The molecule has 2 aromatic rings. The van der Waals surface area contributed by atoms with Gasteiger partial charge in [-0.1, -0.05) is 18.2 Å². The monoisotopic (exact) mass is 356 g/mol. The molecule has 1 saturated heterocycles. The van der Waals surface area contributed by atoms with Crippen LogP contribution in [0.15, 0.2) is 48.2 Å². The third-order valence-electron chi connectivity index (χ3n) is 3.74. The first-order valence-corrected chi connectivity index (χ1v) is 7.83. The first kappa shape index (κ1) is 16.8. The maximum atomic E-state index is 12.7. The first-order chi connectivity index (χ1) is 12.0. The molecule has 1 fully saturated rings. The van der Waals surface area contributed by atoms with Gasteiger partial charge in [-0.3, -0.25) is 9.69 Å². The summed E-state index contributed by atoms with van der Waals surface area (Å²) in [5.41, 5.74) is 1.31. The van der Waals surface area contributed by atoms with E-state index in [0.29, 0.717) is 22.7 Å². The number of ether oxygens (including phenoxy) is 2. The molecule has 1 amide bonds. The highest BCUT2D eigenvalue weighted by Gasteiger charge is 2.32. The molecule has 0 atom stereocenters. The fraction of sp³-hybridized carbons (Fsp3) is 0.111. The summed E-state index contributed by atoms with van der Waals surface area (Å²) < 4.78 is 10.3. The highest BCUT2D eigenvalue weighted by atomic mass is 32.1. The zero-order chi connectivity index (χ0) is 18.0. The number of carbonyl (C=O) groups excluding carboxylic acids is 1. The van der Waals surface area contributed by atoms with E-state index in [1.807, 2.05) is 0 Å². The number of para-hydroxylation sites is 1. The van der Waals surface area contributed by atoms with Crippen LogP contribution in [0.4, 0.5) is 5.69 Å². The molecule has 1 aliphatic heterocycles. The summed E-state index contributed by atoms with van der Waals surface area (Å²) in [5, 5.41) is 13.3. The van der Waals surface area contributed by atoms with E-state index >= 15 is 0 Å². The van der Waals surface area contributed by atoms with Crippen LogP contribution in [0, 0.1) is 0 Å². The highest BCUT2D eigenvalue weighted by Crippen LogP contribution is 2.32.